The van der Waals surface area contributed by atoms with E-state index in [9.17, 15) is 18.4 Å². The van der Waals surface area contributed by atoms with Gasteiger partial charge < -0.3 is 9.47 Å². The standard InChI is InChI=1S/C16H18F2O4/c1-3-4-7-22-15(20)16(14(17)18)9-10-8-11(21-2)5-6-12(10)13(16)19/h5-6,8,14H,3-4,7,9H2,1-2H3. The molecule has 0 heterocycles. The first kappa shape index (κ1) is 16.4. The quantitative estimate of drug-likeness (QED) is 0.460. The Morgan fingerprint density at radius 1 is 1.41 bits per heavy atom. The number of rotatable bonds is 6. The van der Waals surface area contributed by atoms with Gasteiger partial charge in [0.1, 0.15) is 5.75 Å². The maximum Gasteiger partial charge on any atom is 0.326 e. The van der Waals surface area contributed by atoms with Crippen LogP contribution in [-0.2, 0) is 16.0 Å². The summed E-state index contributed by atoms with van der Waals surface area (Å²) in [6.07, 6.45) is -2.14. The first-order chi connectivity index (χ1) is 10.5. The first-order valence-corrected chi connectivity index (χ1v) is 7.14. The van der Waals surface area contributed by atoms with Crippen LogP contribution in [0.4, 0.5) is 8.78 Å². The van der Waals surface area contributed by atoms with Gasteiger partial charge in [-0.2, -0.15) is 0 Å². The first-order valence-electron chi connectivity index (χ1n) is 7.14. The van der Waals surface area contributed by atoms with E-state index in [1.807, 2.05) is 6.92 Å². The monoisotopic (exact) mass is 312 g/mol. The van der Waals surface area contributed by atoms with Gasteiger partial charge in [0.25, 0.3) is 6.43 Å². The molecule has 0 amide bonds. The molecule has 22 heavy (non-hydrogen) atoms. The maximum absolute atomic E-state index is 13.6. The van der Waals surface area contributed by atoms with Crippen molar-refractivity contribution in [2.24, 2.45) is 5.41 Å². The van der Waals surface area contributed by atoms with Gasteiger partial charge in [-0.05, 0) is 30.2 Å². The molecule has 120 valence electrons. The van der Waals surface area contributed by atoms with Crippen LogP contribution in [0.5, 0.6) is 5.75 Å². The fraction of sp³-hybridized carbons (Fsp3) is 0.500. The van der Waals surface area contributed by atoms with Crippen molar-refractivity contribution in [1.29, 1.82) is 0 Å². The van der Waals surface area contributed by atoms with Crippen LogP contribution in [0.15, 0.2) is 18.2 Å². The number of benzene rings is 1. The Bertz CT molecular complexity index is 586. The summed E-state index contributed by atoms with van der Waals surface area (Å²) >= 11 is 0. The Balaban J connectivity index is 2.33. The van der Waals surface area contributed by atoms with Crippen molar-refractivity contribution >= 4 is 11.8 Å². The number of carbonyl (C=O) groups excluding carboxylic acids is 2. The molecule has 4 nitrogen and oxygen atoms in total. The van der Waals surface area contributed by atoms with Gasteiger partial charge in [0.05, 0.1) is 13.7 Å². The third-order valence-corrected chi connectivity index (χ3v) is 3.90. The van der Waals surface area contributed by atoms with E-state index in [1.165, 1.54) is 25.3 Å². The van der Waals surface area contributed by atoms with Crippen molar-refractivity contribution in [3.8, 4) is 5.75 Å². The number of ether oxygens (including phenoxy) is 2. The predicted octanol–water partition coefficient (Wildman–Crippen LogP) is 3.03. The van der Waals surface area contributed by atoms with Crippen molar-refractivity contribution in [3.63, 3.8) is 0 Å². The number of esters is 1. The zero-order valence-corrected chi connectivity index (χ0v) is 12.5. The Labute approximate surface area is 127 Å². The second kappa shape index (κ2) is 6.42. The topological polar surface area (TPSA) is 52.6 Å². The summed E-state index contributed by atoms with van der Waals surface area (Å²) in [6, 6.07) is 4.44. The number of alkyl halides is 2. The van der Waals surface area contributed by atoms with Gasteiger partial charge in [-0.15, -0.1) is 0 Å². The smallest absolute Gasteiger partial charge is 0.326 e. The highest BCUT2D eigenvalue weighted by atomic mass is 19.3. The van der Waals surface area contributed by atoms with E-state index in [2.05, 4.69) is 0 Å². The number of methoxy groups -OCH3 is 1. The van der Waals surface area contributed by atoms with Crippen molar-refractivity contribution in [2.75, 3.05) is 13.7 Å². The second-order valence-corrected chi connectivity index (χ2v) is 5.29. The van der Waals surface area contributed by atoms with Crippen molar-refractivity contribution in [2.45, 2.75) is 32.6 Å². The van der Waals surface area contributed by atoms with Gasteiger partial charge in [0, 0.05) is 12.0 Å². The zero-order valence-electron chi connectivity index (χ0n) is 12.5. The lowest BCUT2D eigenvalue weighted by atomic mass is 9.84. The molecule has 6 heteroatoms. The summed E-state index contributed by atoms with van der Waals surface area (Å²) in [6.45, 7) is 1.93. The molecule has 0 spiro atoms. The average molecular weight is 312 g/mol. The van der Waals surface area contributed by atoms with Gasteiger partial charge in [-0.1, -0.05) is 13.3 Å². The van der Waals surface area contributed by atoms with Crippen LogP contribution in [0.2, 0.25) is 0 Å². The van der Waals surface area contributed by atoms with Crippen LogP contribution in [-0.4, -0.2) is 31.9 Å². The largest absolute Gasteiger partial charge is 0.497 e. The lowest BCUT2D eigenvalue weighted by Crippen LogP contribution is -2.45. The van der Waals surface area contributed by atoms with Gasteiger partial charge in [0.2, 0.25) is 0 Å². The molecule has 0 saturated carbocycles. The molecule has 1 aromatic rings. The maximum atomic E-state index is 13.6. The molecule has 0 saturated heterocycles. The zero-order chi connectivity index (χ0) is 16.3. The molecule has 0 bridgehead atoms. The summed E-state index contributed by atoms with van der Waals surface area (Å²) in [5.41, 5.74) is -1.91. The van der Waals surface area contributed by atoms with E-state index < -0.39 is 23.6 Å². The molecule has 0 aromatic heterocycles. The molecule has 0 fully saturated rings. The fourth-order valence-corrected chi connectivity index (χ4v) is 2.55. The van der Waals surface area contributed by atoms with Crippen LogP contribution in [0.3, 0.4) is 0 Å². The minimum Gasteiger partial charge on any atom is -0.497 e. The van der Waals surface area contributed by atoms with Gasteiger partial charge in [0.15, 0.2) is 11.2 Å². The van der Waals surface area contributed by atoms with Crippen LogP contribution in [0, 0.1) is 5.41 Å². The minimum atomic E-state index is -3.12. The molecule has 0 aliphatic heterocycles. The average Bonchev–Trinajstić information content (AvgIpc) is 2.81. The highest BCUT2D eigenvalue weighted by Crippen LogP contribution is 2.43. The molecule has 1 aromatic carbocycles. The second-order valence-electron chi connectivity index (χ2n) is 5.29. The lowest BCUT2D eigenvalue weighted by Gasteiger charge is -2.24. The van der Waals surface area contributed by atoms with Crippen LogP contribution in [0.1, 0.15) is 35.7 Å². The van der Waals surface area contributed by atoms with Crippen LogP contribution >= 0.6 is 0 Å². The number of fused-ring (bicyclic) bond motifs is 1. The molecule has 1 aliphatic carbocycles. The Hall–Kier alpha value is -1.98. The number of halogens is 2. The molecule has 0 N–H and O–H groups in total. The summed E-state index contributed by atoms with van der Waals surface area (Å²) in [5.74, 6) is -1.56. The number of unbranched alkanes of at least 4 members (excludes halogenated alkanes) is 1. The van der Waals surface area contributed by atoms with Crippen LogP contribution in [0.25, 0.3) is 0 Å². The molecule has 1 atom stereocenters. The Kier molecular flexibility index (Phi) is 4.78. The number of Topliss-reactive ketones (excluding diaryl/α,β-unsaturated/α-hetero) is 1. The Morgan fingerprint density at radius 2 is 2.14 bits per heavy atom. The SMILES string of the molecule is CCCCOC(=O)C1(C(F)F)Cc2cc(OC)ccc2C1=O. The van der Waals surface area contributed by atoms with Crippen molar-refractivity contribution < 1.29 is 27.8 Å². The highest BCUT2D eigenvalue weighted by molar-refractivity contribution is 6.16. The van der Waals surface area contributed by atoms with Crippen LogP contribution < -0.4 is 4.74 Å². The summed E-state index contributed by atoms with van der Waals surface area (Å²) in [5, 5.41) is 0. The third kappa shape index (κ3) is 2.58. The van der Waals surface area contributed by atoms with Crippen molar-refractivity contribution in [1.82, 2.24) is 0 Å². The Morgan fingerprint density at radius 3 is 2.73 bits per heavy atom. The number of carbonyl (C=O) groups is 2. The molecule has 2 rings (SSSR count). The lowest BCUT2D eigenvalue weighted by molar-refractivity contribution is -0.160. The number of ketones is 1. The van der Waals surface area contributed by atoms with E-state index in [4.69, 9.17) is 9.47 Å². The summed E-state index contributed by atoms with van der Waals surface area (Å²) in [7, 11) is 1.44. The molecular formula is C16H18F2O4. The molecule has 1 unspecified atom stereocenters. The predicted molar refractivity (Wildman–Crippen MR) is 75.3 cm³/mol. The highest BCUT2D eigenvalue weighted by Gasteiger charge is 2.59. The minimum absolute atomic E-state index is 0.0384. The third-order valence-electron chi connectivity index (χ3n) is 3.90. The van der Waals surface area contributed by atoms with E-state index >= 15 is 0 Å². The number of hydrogen-bond donors (Lipinski definition) is 0. The molecule has 0 radical (unpaired) electrons. The van der Waals surface area contributed by atoms with Gasteiger partial charge >= 0.3 is 5.97 Å². The van der Waals surface area contributed by atoms with Crippen molar-refractivity contribution in [3.05, 3.63) is 29.3 Å². The van der Waals surface area contributed by atoms with E-state index in [-0.39, 0.29) is 18.6 Å². The molecular weight excluding hydrogens is 294 g/mol. The summed E-state index contributed by atoms with van der Waals surface area (Å²) in [4.78, 5) is 24.6. The van der Waals surface area contributed by atoms with E-state index in [0.717, 1.165) is 6.42 Å². The summed E-state index contributed by atoms with van der Waals surface area (Å²) < 4.78 is 37.1. The van der Waals surface area contributed by atoms with Gasteiger partial charge in [-0.3, -0.25) is 9.59 Å². The fourth-order valence-electron chi connectivity index (χ4n) is 2.55. The van der Waals surface area contributed by atoms with E-state index in [1.54, 1.807) is 0 Å². The molecule has 1 aliphatic rings. The van der Waals surface area contributed by atoms with E-state index in [0.29, 0.717) is 17.7 Å². The normalized spacial score (nSPS) is 20.1. The van der Waals surface area contributed by atoms with Gasteiger partial charge in [-0.25, -0.2) is 8.78 Å². The number of hydrogen-bond acceptors (Lipinski definition) is 4.